The quantitative estimate of drug-likeness (QED) is 0.817. The van der Waals surface area contributed by atoms with Crippen molar-refractivity contribution in [3.05, 3.63) is 41.0 Å². The molecule has 0 aliphatic rings. The predicted octanol–water partition coefficient (Wildman–Crippen LogP) is 3.03. The summed E-state index contributed by atoms with van der Waals surface area (Å²) < 4.78 is 26.7. The van der Waals surface area contributed by atoms with Gasteiger partial charge in [-0.2, -0.15) is 0 Å². The first kappa shape index (κ1) is 11.9. The summed E-state index contributed by atoms with van der Waals surface area (Å²) in [4.78, 5) is 0. The van der Waals surface area contributed by atoms with Crippen molar-refractivity contribution in [2.24, 2.45) is 5.73 Å². The fraction of sp³-hybridized carbons (Fsp3) is 0.333. The van der Waals surface area contributed by atoms with Crippen molar-refractivity contribution in [3.63, 3.8) is 0 Å². The molecule has 1 aromatic carbocycles. The van der Waals surface area contributed by atoms with Crippen molar-refractivity contribution in [1.29, 1.82) is 0 Å². The Morgan fingerprint density at radius 3 is 2.60 bits per heavy atom. The van der Waals surface area contributed by atoms with Crippen molar-refractivity contribution in [2.75, 3.05) is 6.54 Å². The summed E-state index contributed by atoms with van der Waals surface area (Å²) in [6.45, 7) is 3.80. The Balaban J connectivity index is 3.10. The molecule has 0 saturated heterocycles. The predicted molar refractivity (Wildman–Crippen MR) is 58.4 cm³/mol. The van der Waals surface area contributed by atoms with Crippen LogP contribution in [0.2, 0.25) is 0 Å². The molecule has 1 rings (SSSR count). The highest BCUT2D eigenvalue weighted by Crippen LogP contribution is 2.22. The molecule has 82 valence electrons. The van der Waals surface area contributed by atoms with Crippen molar-refractivity contribution >= 4 is 5.57 Å². The van der Waals surface area contributed by atoms with Gasteiger partial charge in [0.15, 0.2) is 11.6 Å². The average Bonchev–Trinajstić information content (AvgIpc) is 2.23. The zero-order valence-corrected chi connectivity index (χ0v) is 8.98. The van der Waals surface area contributed by atoms with E-state index in [9.17, 15) is 8.78 Å². The van der Waals surface area contributed by atoms with Crippen LogP contribution < -0.4 is 5.73 Å². The standard InChI is InChI=1S/C12H15F2N/c1-8(4-3-7-15)10-6-5-9(2)11(13)12(10)14/h4-6H,3,7,15H2,1-2H3/b8-4-. The van der Waals surface area contributed by atoms with Gasteiger partial charge in [0.2, 0.25) is 0 Å². The number of nitrogens with two attached hydrogens (primary N) is 1. The lowest BCUT2D eigenvalue weighted by molar-refractivity contribution is 0.501. The van der Waals surface area contributed by atoms with Crippen LogP contribution >= 0.6 is 0 Å². The number of halogens is 2. The maximum Gasteiger partial charge on any atom is 0.166 e. The number of allylic oxidation sites excluding steroid dienone is 1. The van der Waals surface area contributed by atoms with Crippen LogP contribution in [0.1, 0.15) is 24.5 Å². The molecule has 0 amide bonds. The van der Waals surface area contributed by atoms with Crippen LogP contribution in [0.4, 0.5) is 8.78 Å². The second-order valence-electron chi connectivity index (χ2n) is 3.52. The fourth-order valence-electron chi connectivity index (χ4n) is 1.36. The van der Waals surface area contributed by atoms with E-state index in [1.807, 2.05) is 6.08 Å². The first-order valence-corrected chi connectivity index (χ1v) is 4.89. The number of aryl methyl sites for hydroxylation is 1. The molecule has 0 aromatic heterocycles. The van der Waals surface area contributed by atoms with Crippen molar-refractivity contribution in [1.82, 2.24) is 0 Å². The van der Waals surface area contributed by atoms with Crippen LogP contribution in [0.5, 0.6) is 0 Å². The zero-order valence-electron chi connectivity index (χ0n) is 8.98. The zero-order chi connectivity index (χ0) is 11.4. The van der Waals surface area contributed by atoms with Crippen LogP contribution in [-0.4, -0.2) is 6.54 Å². The maximum atomic E-state index is 13.5. The van der Waals surface area contributed by atoms with Gasteiger partial charge < -0.3 is 5.73 Å². The van der Waals surface area contributed by atoms with Gasteiger partial charge in [-0.25, -0.2) is 8.78 Å². The Kier molecular flexibility index (Phi) is 3.97. The van der Waals surface area contributed by atoms with Crippen LogP contribution in [0, 0.1) is 18.6 Å². The van der Waals surface area contributed by atoms with Gasteiger partial charge in [0.05, 0.1) is 0 Å². The maximum absolute atomic E-state index is 13.5. The lowest BCUT2D eigenvalue weighted by Gasteiger charge is -2.06. The lowest BCUT2D eigenvalue weighted by Crippen LogP contribution is -1.98. The second-order valence-corrected chi connectivity index (χ2v) is 3.52. The Morgan fingerprint density at radius 2 is 2.00 bits per heavy atom. The van der Waals surface area contributed by atoms with E-state index in [1.54, 1.807) is 26.0 Å². The van der Waals surface area contributed by atoms with E-state index in [4.69, 9.17) is 5.73 Å². The smallest absolute Gasteiger partial charge is 0.166 e. The SMILES string of the molecule is C/C(=C/CCN)c1ccc(C)c(F)c1F. The molecule has 0 atom stereocenters. The third-order valence-electron chi connectivity index (χ3n) is 2.32. The molecule has 0 radical (unpaired) electrons. The Morgan fingerprint density at radius 1 is 1.33 bits per heavy atom. The Labute approximate surface area is 88.6 Å². The largest absolute Gasteiger partial charge is 0.330 e. The molecule has 15 heavy (non-hydrogen) atoms. The van der Waals surface area contributed by atoms with E-state index in [-0.39, 0.29) is 0 Å². The van der Waals surface area contributed by atoms with Crippen molar-refractivity contribution in [2.45, 2.75) is 20.3 Å². The summed E-state index contributed by atoms with van der Waals surface area (Å²) >= 11 is 0. The molecule has 0 aliphatic heterocycles. The first-order chi connectivity index (χ1) is 7.07. The molecule has 0 spiro atoms. The highest BCUT2D eigenvalue weighted by Gasteiger charge is 2.11. The van der Waals surface area contributed by atoms with Gasteiger partial charge in [-0.1, -0.05) is 18.2 Å². The van der Waals surface area contributed by atoms with E-state index in [0.717, 1.165) is 5.57 Å². The highest BCUT2D eigenvalue weighted by atomic mass is 19.2. The summed E-state index contributed by atoms with van der Waals surface area (Å²) in [6, 6.07) is 3.17. The third kappa shape index (κ3) is 2.63. The molecular formula is C12H15F2N. The molecule has 0 saturated carbocycles. The minimum atomic E-state index is -0.777. The topological polar surface area (TPSA) is 26.0 Å². The van der Waals surface area contributed by atoms with E-state index >= 15 is 0 Å². The Bertz CT molecular complexity index is 383. The van der Waals surface area contributed by atoms with E-state index in [1.165, 1.54) is 0 Å². The van der Waals surface area contributed by atoms with Crippen LogP contribution in [0.25, 0.3) is 5.57 Å². The monoisotopic (exact) mass is 211 g/mol. The van der Waals surface area contributed by atoms with Gasteiger partial charge in [0.25, 0.3) is 0 Å². The molecule has 1 aromatic rings. The van der Waals surface area contributed by atoms with E-state index in [0.29, 0.717) is 24.1 Å². The summed E-state index contributed by atoms with van der Waals surface area (Å²) in [5.41, 5.74) is 6.69. The molecule has 1 nitrogen and oxygen atoms in total. The molecule has 0 fully saturated rings. The number of benzene rings is 1. The van der Waals surface area contributed by atoms with Crippen molar-refractivity contribution < 1.29 is 8.78 Å². The number of hydrogen-bond donors (Lipinski definition) is 1. The van der Waals surface area contributed by atoms with Gasteiger partial charge in [0.1, 0.15) is 0 Å². The summed E-state index contributed by atoms with van der Waals surface area (Å²) in [6.07, 6.45) is 2.48. The van der Waals surface area contributed by atoms with E-state index in [2.05, 4.69) is 0 Å². The lowest BCUT2D eigenvalue weighted by atomic mass is 10.0. The van der Waals surface area contributed by atoms with Crippen molar-refractivity contribution in [3.8, 4) is 0 Å². The summed E-state index contributed by atoms with van der Waals surface area (Å²) in [7, 11) is 0. The molecule has 0 unspecified atom stereocenters. The van der Waals surface area contributed by atoms with Gasteiger partial charge in [-0.15, -0.1) is 0 Å². The molecule has 0 heterocycles. The fourth-order valence-corrected chi connectivity index (χ4v) is 1.36. The Hall–Kier alpha value is -1.22. The normalized spacial score (nSPS) is 11.9. The second kappa shape index (κ2) is 5.03. The van der Waals surface area contributed by atoms with Gasteiger partial charge in [0, 0.05) is 5.56 Å². The molecule has 2 N–H and O–H groups in total. The highest BCUT2D eigenvalue weighted by molar-refractivity contribution is 5.64. The van der Waals surface area contributed by atoms with Crippen LogP contribution in [0.3, 0.4) is 0 Å². The first-order valence-electron chi connectivity index (χ1n) is 4.89. The minimum Gasteiger partial charge on any atom is -0.330 e. The van der Waals surface area contributed by atoms with Gasteiger partial charge >= 0.3 is 0 Å². The molecule has 0 aliphatic carbocycles. The van der Waals surface area contributed by atoms with Crippen LogP contribution in [0.15, 0.2) is 18.2 Å². The molecule has 0 bridgehead atoms. The molecule has 3 heteroatoms. The molecular weight excluding hydrogens is 196 g/mol. The van der Waals surface area contributed by atoms with Gasteiger partial charge in [-0.3, -0.25) is 0 Å². The van der Waals surface area contributed by atoms with Gasteiger partial charge in [-0.05, 0) is 37.9 Å². The number of hydrogen-bond acceptors (Lipinski definition) is 1. The number of rotatable bonds is 3. The summed E-state index contributed by atoms with van der Waals surface area (Å²) in [5.74, 6) is -1.55. The van der Waals surface area contributed by atoms with E-state index < -0.39 is 11.6 Å². The third-order valence-corrected chi connectivity index (χ3v) is 2.32. The van der Waals surface area contributed by atoms with Crippen LogP contribution in [-0.2, 0) is 0 Å². The average molecular weight is 211 g/mol. The minimum absolute atomic E-state index is 0.312. The summed E-state index contributed by atoms with van der Waals surface area (Å²) in [5, 5.41) is 0.